The molecule has 0 bridgehead atoms. The van der Waals surface area contributed by atoms with Crippen LogP contribution in [0.3, 0.4) is 0 Å². The van der Waals surface area contributed by atoms with Crippen molar-refractivity contribution in [1.82, 2.24) is 9.99 Å². The second-order valence-corrected chi connectivity index (χ2v) is 10.8. The van der Waals surface area contributed by atoms with E-state index in [-0.39, 0.29) is 29.6 Å². The van der Waals surface area contributed by atoms with Crippen LogP contribution in [-0.4, -0.2) is 39.6 Å². The summed E-state index contributed by atoms with van der Waals surface area (Å²) in [5.41, 5.74) is 2.99. The summed E-state index contributed by atoms with van der Waals surface area (Å²) < 4.78 is 11.9. The molecule has 4 rings (SSSR count). The molecule has 0 saturated heterocycles. The lowest BCUT2D eigenvalue weighted by Crippen LogP contribution is -2.42. The normalized spacial score (nSPS) is 22.2. The fourth-order valence-corrected chi connectivity index (χ4v) is 4.46. The van der Waals surface area contributed by atoms with Crippen molar-refractivity contribution in [3.63, 3.8) is 0 Å². The van der Waals surface area contributed by atoms with E-state index in [0.29, 0.717) is 53.7 Å². The number of fused-ring (bicyclic) bond motifs is 1. The third-order valence-corrected chi connectivity index (χ3v) is 7.15. The van der Waals surface area contributed by atoms with Gasteiger partial charge in [-0.05, 0) is 71.1 Å². The van der Waals surface area contributed by atoms with Gasteiger partial charge in [0.05, 0.1) is 35.8 Å². The zero-order valence-electron chi connectivity index (χ0n) is 21.4. The average Bonchev–Trinajstić information content (AvgIpc) is 3.28. The number of nitrogens with zero attached hydrogens (tertiary/aromatic N) is 4. The molecule has 1 atom stereocenters. The summed E-state index contributed by atoms with van der Waals surface area (Å²) in [6.07, 6.45) is 3.71. The Morgan fingerprint density at radius 3 is 2.53 bits per heavy atom. The van der Waals surface area contributed by atoms with Crippen LogP contribution in [0.15, 0.2) is 35.7 Å². The van der Waals surface area contributed by atoms with Crippen LogP contribution < -0.4 is 4.74 Å². The highest BCUT2D eigenvalue weighted by Gasteiger charge is 2.34. The Hall–Kier alpha value is -2.91. The van der Waals surface area contributed by atoms with Gasteiger partial charge >= 0.3 is 5.97 Å². The molecule has 2 aliphatic rings. The highest BCUT2D eigenvalue weighted by atomic mass is 35.5. The van der Waals surface area contributed by atoms with Crippen LogP contribution in [0, 0.1) is 18.0 Å². The van der Waals surface area contributed by atoms with Crippen LogP contribution in [-0.2, 0) is 21.0 Å². The van der Waals surface area contributed by atoms with E-state index in [1.54, 1.807) is 13.2 Å². The molecule has 0 N–H and O–H groups in total. The monoisotopic (exact) mass is 516 g/mol. The van der Waals surface area contributed by atoms with Gasteiger partial charge < -0.3 is 19.5 Å². The number of carbonyl (C=O) groups is 1. The Morgan fingerprint density at radius 1 is 1.22 bits per heavy atom. The van der Waals surface area contributed by atoms with Crippen molar-refractivity contribution >= 4 is 17.6 Å². The van der Waals surface area contributed by atoms with Crippen molar-refractivity contribution in [2.24, 2.45) is 11.2 Å². The average molecular weight is 517 g/mol. The lowest BCUT2D eigenvalue weighted by atomic mass is 9.87. The number of hydrazine groups is 1. The Labute approximate surface area is 216 Å². The van der Waals surface area contributed by atoms with E-state index in [2.05, 4.69) is 10.3 Å². The minimum atomic E-state index is -0.374. The Morgan fingerprint density at radius 2 is 1.89 bits per heavy atom. The molecule has 9 nitrogen and oxygen atoms in total. The van der Waals surface area contributed by atoms with Crippen LogP contribution >= 0.6 is 11.6 Å². The maximum absolute atomic E-state index is 13.0. The standard InChI is InChI=1S/C26H33ClN4O5/c1-16-23(22-15-34-24(21(22)14-28-16)17-6-10-19(27)11-7-17)35-25(32)18-8-12-20(13-9-18)36-29-31(33)30(5)26(2,3)4/h6-7,10-11,14,18,20,24H,8-9,12-13,15H2,1-5H3/b31-29-/t18-,20-,24-/m0/s1. The Kier molecular flexibility index (Phi) is 7.70. The largest absolute Gasteiger partial charge is 0.569 e. The summed E-state index contributed by atoms with van der Waals surface area (Å²) in [5.74, 6) is -0.0545. The highest BCUT2D eigenvalue weighted by molar-refractivity contribution is 6.30. The van der Waals surface area contributed by atoms with Gasteiger partial charge in [-0.1, -0.05) is 23.7 Å². The summed E-state index contributed by atoms with van der Waals surface area (Å²) in [4.78, 5) is 23.4. The minimum absolute atomic E-state index is 0.211. The quantitative estimate of drug-likeness (QED) is 0.211. The van der Waals surface area contributed by atoms with Gasteiger partial charge in [0.15, 0.2) is 5.75 Å². The second kappa shape index (κ2) is 10.6. The van der Waals surface area contributed by atoms with Gasteiger partial charge in [-0.2, -0.15) is 0 Å². The number of hydrogen-bond acceptors (Lipinski definition) is 7. The molecule has 1 aliphatic carbocycles. The van der Waals surface area contributed by atoms with Crippen LogP contribution in [0.1, 0.15) is 74.9 Å². The first-order chi connectivity index (χ1) is 17.0. The van der Waals surface area contributed by atoms with Gasteiger partial charge in [0.25, 0.3) is 0 Å². The molecule has 0 spiro atoms. The van der Waals surface area contributed by atoms with E-state index in [4.69, 9.17) is 25.9 Å². The maximum Gasteiger partial charge on any atom is 0.314 e. The number of rotatable bonds is 6. The van der Waals surface area contributed by atoms with Crippen molar-refractivity contribution < 1.29 is 24.1 Å². The molecule has 10 heteroatoms. The minimum Gasteiger partial charge on any atom is -0.569 e. The van der Waals surface area contributed by atoms with Gasteiger partial charge in [-0.25, -0.2) is 0 Å². The van der Waals surface area contributed by atoms with Crippen LogP contribution in [0.4, 0.5) is 0 Å². The van der Waals surface area contributed by atoms with Crippen LogP contribution in [0.2, 0.25) is 5.02 Å². The first kappa shape index (κ1) is 26.2. The number of aromatic nitrogens is 1. The molecule has 0 unspecified atom stereocenters. The molecule has 194 valence electrons. The van der Waals surface area contributed by atoms with E-state index in [9.17, 15) is 10.0 Å². The Balaban J connectivity index is 1.37. The van der Waals surface area contributed by atoms with Crippen molar-refractivity contribution in [2.45, 2.75) is 77.7 Å². The number of ether oxygens (including phenoxy) is 2. The smallest absolute Gasteiger partial charge is 0.314 e. The van der Waals surface area contributed by atoms with Crippen molar-refractivity contribution in [2.75, 3.05) is 7.05 Å². The summed E-state index contributed by atoms with van der Waals surface area (Å²) in [7, 11) is 1.66. The first-order valence-corrected chi connectivity index (χ1v) is 12.6. The van der Waals surface area contributed by atoms with Gasteiger partial charge in [-0.15, -0.1) is 5.01 Å². The molecule has 2 aromatic rings. The summed E-state index contributed by atoms with van der Waals surface area (Å²) in [5, 5.41) is 17.9. The van der Waals surface area contributed by atoms with Gasteiger partial charge in [0.2, 0.25) is 5.28 Å². The number of aryl methyl sites for hydroxylation is 1. The number of benzene rings is 1. The summed E-state index contributed by atoms with van der Waals surface area (Å²) >= 11 is 6.02. The molecule has 0 amide bonds. The number of esters is 1. The highest BCUT2D eigenvalue weighted by Crippen LogP contribution is 2.41. The zero-order valence-corrected chi connectivity index (χ0v) is 22.1. The molecule has 1 aromatic carbocycles. The van der Waals surface area contributed by atoms with Gasteiger partial charge in [0.1, 0.15) is 12.2 Å². The molecule has 1 saturated carbocycles. The van der Waals surface area contributed by atoms with Crippen molar-refractivity contribution in [3.8, 4) is 5.75 Å². The third-order valence-electron chi connectivity index (χ3n) is 6.90. The predicted octanol–water partition coefficient (Wildman–Crippen LogP) is 5.67. The SMILES string of the molecule is Cc1ncc2c(c1OC(=O)[C@H]1CC[C@H](O/N=[N+](\[O-])N(C)C(C)(C)C)CC1)CO[C@H]2c1ccc(Cl)cc1. The van der Waals surface area contributed by atoms with E-state index in [0.717, 1.165) is 16.7 Å². The van der Waals surface area contributed by atoms with E-state index >= 15 is 0 Å². The molecular weight excluding hydrogens is 484 g/mol. The number of halogens is 1. The molecule has 36 heavy (non-hydrogen) atoms. The fourth-order valence-electron chi connectivity index (χ4n) is 4.34. The second-order valence-electron chi connectivity index (χ2n) is 10.4. The van der Waals surface area contributed by atoms with Crippen LogP contribution in [0.5, 0.6) is 5.75 Å². The lowest BCUT2D eigenvalue weighted by molar-refractivity contribution is -0.720. The molecule has 1 aromatic heterocycles. The number of hydrogen-bond donors (Lipinski definition) is 0. The maximum atomic E-state index is 13.0. The zero-order chi connectivity index (χ0) is 26.0. The predicted molar refractivity (Wildman–Crippen MR) is 133 cm³/mol. The Bertz CT molecular complexity index is 1120. The molecule has 2 heterocycles. The van der Waals surface area contributed by atoms with Crippen molar-refractivity contribution in [1.29, 1.82) is 0 Å². The molecular formula is C26H33ClN4O5. The fraction of sp³-hybridized carbons (Fsp3) is 0.538. The number of pyridine rings is 1. The van der Waals surface area contributed by atoms with E-state index < -0.39 is 0 Å². The summed E-state index contributed by atoms with van der Waals surface area (Å²) in [6, 6.07) is 7.50. The lowest BCUT2D eigenvalue weighted by Gasteiger charge is -2.28. The molecule has 1 fully saturated rings. The van der Waals surface area contributed by atoms with Gasteiger partial charge in [0, 0.05) is 22.3 Å². The first-order valence-electron chi connectivity index (χ1n) is 12.2. The third kappa shape index (κ3) is 5.73. The van der Waals surface area contributed by atoms with Crippen molar-refractivity contribution in [3.05, 3.63) is 63.1 Å². The van der Waals surface area contributed by atoms with E-state index in [1.807, 2.05) is 52.0 Å². The molecule has 1 aliphatic heterocycles. The molecule has 0 radical (unpaired) electrons. The number of carbonyl (C=O) groups excluding carboxylic acids is 1. The summed E-state index contributed by atoms with van der Waals surface area (Å²) in [6.45, 7) is 7.90. The topological polar surface area (TPSA) is 99.3 Å². The van der Waals surface area contributed by atoms with Crippen LogP contribution in [0.25, 0.3) is 0 Å². The van der Waals surface area contributed by atoms with E-state index in [1.165, 1.54) is 5.01 Å². The van der Waals surface area contributed by atoms with Gasteiger partial charge in [-0.3, -0.25) is 9.78 Å².